The second-order valence-corrected chi connectivity index (χ2v) is 4.53. The van der Waals surface area contributed by atoms with Gasteiger partial charge in [0.2, 0.25) is 0 Å². The van der Waals surface area contributed by atoms with Gasteiger partial charge < -0.3 is 20.8 Å². The largest absolute Gasteiger partial charge is 0.491 e. The van der Waals surface area contributed by atoms with Gasteiger partial charge in [0.1, 0.15) is 24.2 Å². The molecule has 0 bridgehead atoms. The Labute approximate surface area is 121 Å². The number of para-hydroxylation sites is 1. The molecule has 0 aliphatic heterocycles. The van der Waals surface area contributed by atoms with Gasteiger partial charge in [-0.05, 0) is 6.07 Å². The topological polar surface area (TPSA) is 105 Å². The average Bonchev–Trinajstić information content (AvgIpc) is 2.93. The lowest BCUT2D eigenvalue weighted by Crippen LogP contribution is -2.10. The Bertz CT molecular complexity index is 754. The summed E-state index contributed by atoms with van der Waals surface area (Å²) in [6, 6.07) is 7.73. The van der Waals surface area contributed by atoms with Gasteiger partial charge in [-0.2, -0.15) is 0 Å². The molecular weight excluding hydrogens is 268 g/mol. The van der Waals surface area contributed by atoms with Gasteiger partial charge in [0.15, 0.2) is 11.5 Å². The smallest absolute Gasteiger partial charge is 0.165 e. The molecule has 0 saturated heterocycles. The Hall–Kier alpha value is -2.67. The van der Waals surface area contributed by atoms with Crippen molar-refractivity contribution in [2.24, 2.45) is 5.73 Å². The lowest BCUT2D eigenvalue weighted by molar-refractivity contribution is 0.297. The Kier molecular flexibility index (Phi) is 3.65. The number of rotatable bonds is 5. The van der Waals surface area contributed by atoms with Crippen molar-refractivity contribution in [1.29, 1.82) is 0 Å². The highest BCUT2D eigenvalue weighted by Gasteiger charge is 2.08. The Balaban J connectivity index is 1.71. The minimum absolute atomic E-state index is 0.383. The molecule has 0 amide bonds. The Morgan fingerprint density at radius 1 is 1.14 bits per heavy atom. The van der Waals surface area contributed by atoms with Crippen LogP contribution < -0.4 is 16.2 Å². The van der Waals surface area contributed by atoms with E-state index in [4.69, 9.17) is 16.2 Å². The fourth-order valence-corrected chi connectivity index (χ4v) is 2.13. The van der Waals surface area contributed by atoms with Crippen LogP contribution in [0.25, 0.3) is 11.2 Å². The molecule has 0 aliphatic rings. The second-order valence-electron chi connectivity index (χ2n) is 4.53. The number of imidazole rings is 1. The predicted octanol–water partition coefficient (Wildman–Crippen LogP) is 0.946. The first kappa shape index (κ1) is 13.3. The molecule has 0 spiro atoms. The number of nitrogens with two attached hydrogens (primary N) is 2. The third-order valence-electron chi connectivity index (χ3n) is 3.21. The number of nitrogen functional groups attached to an aromatic ring is 1. The minimum Gasteiger partial charge on any atom is -0.491 e. The van der Waals surface area contributed by atoms with E-state index in [0.29, 0.717) is 36.7 Å². The van der Waals surface area contributed by atoms with Gasteiger partial charge in [0.25, 0.3) is 0 Å². The fourth-order valence-electron chi connectivity index (χ4n) is 2.13. The van der Waals surface area contributed by atoms with Crippen LogP contribution in [-0.2, 0) is 13.1 Å². The summed E-state index contributed by atoms with van der Waals surface area (Å²) in [6.45, 7) is 1.56. The molecule has 0 atom stereocenters. The first-order valence-electron chi connectivity index (χ1n) is 6.61. The molecule has 4 N–H and O–H groups in total. The quantitative estimate of drug-likeness (QED) is 0.722. The van der Waals surface area contributed by atoms with Crippen molar-refractivity contribution >= 4 is 17.0 Å². The molecule has 21 heavy (non-hydrogen) atoms. The lowest BCUT2D eigenvalue weighted by Gasteiger charge is -2.10. The number of hydrogen-bond donors (Lipinski definition) is 2. The van der Waals surface area contributed by atoms with E-state index in [-0.39, 0.29) is 0 Å². The highest BCUT2D eigenvalue weighted by molar-refractivity contribution is 5.81. The van der Waals surface area contributed by atoms with Crippen LogP contribution in [0.2, 0.25) is 0 Å². The molecule has 0 unspecified atom stereocenters. The Morgan fingerprint density at radius 3 is 2.86 bits per heavy atom. The van der Waals surface area contributed by atoms with Crippen LogP contribution in [0.4, 0.5) is 5.82 Å². The third kappa shape index (κ3) is 2.63. The maximum atomic E-state index is 5.78. The van der Waals surface area contributed by atoms with E-state index < -0.39 is 0 Å². The van der Waals surface area contributed by atoms with Crippen LogP contribution in [0.1, 0.15) is 5.56 Å². The van der Waals surface area contributed by atoms with Crippen LogP contribution in [-0.4, -0.2) is 26.1 Å². The summed E-state index contributed by atoms with van der Waals surface area (Å²) in [6.07, 6.45) is 3.12. The van der Waals surface area contributed by atoms with Gasteiger partial charge >= 0.3 is 0 Å². The highest BCUT2D eigenvalue weighted by atomic mass is 16.5. The third-order valence-corrected chi connectivity index (χ3v) is 3.21. The van der Waals surface area contributed by atoms with Gasteiger partial charge in [-0.15, -0.1) is 0 Å². The first-order chi connectivity index (χ1) is 10.3. The van der Waals surface area contributed by atoms with Gasteiger partial charge in [0, 0.05) is 12.1 Å². The predicted molar refractivity (Wildman–Crippen MR) is 79.6 cm³/mol. The van der Waals surface area contributed by atoms with E-state index in [0.717, 1.165) is 11.3 Å². The zero-order valence-electron chi connectivity index (χ0n) is 11.4. The monoisotopic (exact) mass is 284 g/mol. The maximum Gasteiger partial charge on any atom is 0.165 e. The first-order valence-corrected chi connectivity index (χ1v) is 6.61. The van der Waals surface area contributed by atoms with Crippen molar-refractivity contribution in [3.8, 4) is 5.75 Å². The number of ether oxygens (including phenoxy) is 1. The van der Waals surface area contributed by atoms with Crippen LogP contribution in [0, 0.1) is 0 Å². The van der Waals surface area contributed by atoms with Crippen LogP contribution in [0.5, 0.6) is 5.75 Å². The second kappa shape index (κ2) is 5.76. The SMILES string of the molecule is NCc1ccccc1OCCn1cnc2c(N)ncnc21. The summed E-state index contributed by atoms with van der Waals surface area (Å²) in [4.78, 5) is 12.3. The summed E-state index contributed by atoms with van der Waals surface area (Å²) >= 11 is 0. The molecule has 2 heterocycles. The normalized spacial score (nSPS) is 10.9. The van der Waals surface area contributed by atoms with Crippen molar-refractivity contribution in [3.63, 3.8) is 0 Å². The van der Waals surface area contributed by atoms with Crippen LogP contribution in [0.15, 0.2) is 36.9 Å². The molecule has 108 valence electrons. The average molecular weight is 284 g/mol. The standard InChI is InChI=1S/C14H16N6O/c15-7-10-3-1-2-4-11(10)21-6-5-20-9-19-12-13(16)17-8-18-14(12)20/h1-4,8-9H,5-7,15H2,(H2,16,17,18). The summed E-state index contributed by atoms with van der Waals surface area (Å²) in [5, 5.41) is 0. The van der Waals surface area contributed by atoms with Crippen molar-refractivity contribution in [2.75, 3.05) is 12.3 Å². The zero-order chi connectivity index (χ0) is 14.7. The zero-order valence-corrected chi connectivity index (χ0v) is 11.4. The van der Waals surface area contributed by atoms with Crippen LogP contribution in [0.3, 0.4) is 0 Å². The van der Waals surface area contributed by atoms with Crippen molar-refractivity contribution in [1.82, 2.24) is 19.5 Å². The number of fused-ring (bicyclic) bond motifs is 1. The van der Waals surface area contributed by atoms with E-state index in [9.17, 15) is 0 Å². The van der Waals surface area contributed by atoms with Gasteiger partial charge in [-0.25, -0.2) is 15.0 Å². The molecule has 3 aromatic rings. The van der Waals surface area contributed by atoms with E-state index in [1.165, 1.54) is 6.33 Å². The van der Waals surface area contributed by atoms with Crippen LogP contribution >= 0.6 is 0 Å². The van der Waals surface area contributed by atoms with E-state index >= 15 is 0 Å². The van der Waals surface area contributed by atoms with Crippen molar-refractivity contribution < 1.29 is 4.74 Å². The maximum absolute atomic E-state index is 5.78. The summed E-state index contributed by atoms with van der Waals surface area (Å²) < 4.78 is 7.66. The van der Waals surface area contributed by atoms with E-state index in [1.807, 2.05) is 28.8 Å². The number of anilines is 1. The molecule has 2 aromatic heterocycles. The van der Waals surface area contributed by atoms with E-state index in [1.54, 1.807) is 6.33 Å². The molecule has 7 heteroatoms. The molecule has 3 rings (SSSR count). The summed E-state index contributed by atoms with van der Waals surface area (Å²) in [7, 11) is 0. The molecule has 0 radical (unpaired) electrons. The molecular formula is C14H16N6O. The van der Waals surface area contributed by atoms with Crippen molar-refractivity contribution in [2.45, 2.75) is 13.1 Å². The highest BCUT2D eigenvalue weighted by Crippen LogP contribution is 2.18. The number of aromatic nitrogens is 4. The fraction of sp³-hybridized carbons (Fsp3) is 0.214. The summed E-state index contributed by atoms with van der Waals surface area (Å²) in [5.74, 6) is 1.19. The van der Waals surface area contributed by atoms with Gasteiger partial charge in [-0.1, -0.05) is 18.2 Å². The minimum atomic E-state index is 0.383. The number of nitrogens with zero attached hydrogens (tertiary/aromatic N) is 4. The molecule has 7 nitrogen and oxygen atoms in total. The van der Waals surface area contributed by atoms with E-state index in [2.05, 4.69) is 15.0 Å². The number of hydrogen-bond acceptors (Lipinski definition) is 6. The lowest BCUT2D eigenvalue weighted by atomic mass is 10.2. The van der Waals surface area contributed by atoms with Crippen molar-refractivity contribution in [3.05, 3.63) is 42.5 Å². The van der Waals surface area contributed by atoms with Gasteiger partial charge in [-0.3, -0.25) is 0 Å². The Morgan fingerprint density at radius 2 is 2.00 bits per heavy atom. The van der Waals surface area contributed by atoms with Gasteiger partial charge in [0.05, 0.1) is 12.9 Å². The molecule has 0 fully saturated rings. The number of benzene rings is 1. The summed E-state index contributed by atoms with van der Waals surface area (Å²) in [5.41, 5.74) is 13.7. The molecule has 0 saturated carbocycles. The molecule has 1 aromatic carbocycles. The molecule has 0 aliphatic carbocycles.